The summed E-state index contributed by atoms with van der Waals surface area (Å²) in [4.78, 5) is 15.1. The Balaban J connectivity index is 1.38. The number of rotatable bonds is 5. The second kappa shape index (κ2) is 11.6. The maximum Gasteiger partial charge on any atom is 0.164 e. The van der Waals surface area contributed by atoms with E-state index in [1.807, 2.05) is 54.6 Å². The molecule has 9 aromatic rings. The first-order chi connectivity index (χ1) is 23.7. The average Bonchev–Trinajstić information content (AvgIpc) is 3.49. The third-order valence-corrected chi connectivity index (χ3v) is 9.13. The predicted molar refractivity (Wildman–Crippen MR) is 198 cm³/mol. The third kappa shape index (κ3) is 4.91. The zero-order valence-corrected chi connectivity index (χ0v) is 26.5. The molecule has 226 valence electrons. The van der Waals surface area contributed by atoms with Gasteiger partial charge in [0.05, 0.1) is 11.0 Å². The molecule has 48 heavy (non-hydrogen) atoms. The van der Waals surface area contributed by atoms with Gasteiger partial charge in [0.1, 0.15) is 0 Å². The van der Waals surface area contributed by atoms with Gasteiger partial charge >= 0.3 is 0 Å². The third-order valence-electron chi connectivity index (χ3n) is 8.88. The zero-order chi connectivity index (χ0) is 32.0. The van der Waals surface area contributed by atoms with Crippen molar-refractivity contribution in [2.75, 3.05) is 0 Å². The monoisotopic (exact) mass is 634 g/mol. The summed E-state index contributed by atoms with van der Waals surface area (Å²) in [6, 6.07) is 56.5. The van der Waals surface area contributed by atoms with Crippen LogP contribution in [0.25, 0.3) is 83.6 Å². The molecule has 0 bridgehead atoms. The van der Waals surface area contributed by atoms with Gasteiger partial charge in [0.2, 0.25) is 0 Å². The van der Waals surface area contributed by atoms with Gasteiger partial charge < -0.3 is 4.57 Å². The number of aromatic nitrogens is 4. The lowest BCUT2D eigenvalue weighted by Gasteiger charge is -2.13. The van der Waals surface area contributed by atoms with E-state index in [0.717, 1.165) is 44.5 Å². The van der Waals surface area contributed by atoms with Crippen LogP contribution in [-0.2, 0) is 0 Å². The summed E-state index contributed by atoms with van der Waals surface area (Å²) in [5.41, 5.74) is 8.26. The number of hydrogen-bond acceptors (Lipinski definition) is 3. The highest BCUT2D eigenvalue weighted by Crippen LogP contribution is 2.42. The Morgan fingerprint density at radius 1 is 0.417 bits per heavy atom. The summed E-state index contributed by atoms with van der Waals surface area (Å²) < 4.78 is 2.35. The molecule has 0 aliphatic rings. The molecule has 0 aliphatic heterocycles. The minimum Gasteiger partial charge on any atom is -0.309 e. The molecule has 7 aromatic carbocycles. The lowest BCUT2D eigenvalue weighted by molar-refractivity contribution is 1.07. The minimum absolute atomic E-state index is 0.589. The molecule has 2 aromatic heterocycles. The lowest BCUT2D eigenvalue weighted by Crippen LogP contribution is -2.01. The van der Waals surface area contributed by atoms with Crippen molar-refractivity contribution in [1.82, 2.24) is 19.5 Å². The van der Waals surface area contributed by atoms with Crippen molar-refractivity contribution in [2.45, 2.75) is 0 Å². The van der Waals surface area contributed by atoms with Gasteiger partial charge in [0, 0.05) is 38.2 Å². The minimum atomic E-state index is 0.589. The van der Waals surface area contributed by atoms with E-state index >= 15 is 0 Å². The van der Waals surface area contributed by atoms with Gasteiger partial charge in [0.25, 0.3) is 0 Å². The molecule has 0 fully saturated rings. The molecule has 4 nitrogen and oxygen atoms in total. The van der Waals surface area contributed by atoms with E-state index in [2.05, 4.69) is 114 Å². The van der Waals surface area contributed by atoms with Crippen molar-refractivity contribution < 1.29 is 0 Å². The number of fused-ring (bicyclic) bond motifs is 4. The number of halogens is 1. The van der Waals surface area contributed by atoms with Gasteiger partial charge in [-0.15, -0.1) is 0 Å². The molecule has 0 unspecified atom stereocenters. The fraction of sp³-hybridized carbons (Fsp3) is 0. The molecule has 0 N–H and O–H groups in total. The smallest absolute Gasteiger partial charge is 0.164 e. The Kier molecular flexibility index (Phi) is 6.81. The van der Waals surface area contributed by atoms with E-state index in [-0.39, 0.29) is 0 Å². The Labute approximate surface area is 282 Å². The summed E-state index contributed by atoms with van der Waals surface area (Å²) in [6.45, 7) is 0. The molecule has 0 atom stereocenters. The van der Waals surface area contributed by atoms with Gasteiger partial charge in [0.15, 0.2) is 17.5 Å². The van der Waals surface area contributed by atoms with Crippen molar-refractivity contribution in [3.8, 4) is 51.0 Å². The van der Waals surface area contributed by atoms with Crippen molar-refractivity contribution >= 4 is 44.2 Å². The van der Waals surface area contributed by atoms with Crippen LogP contribution in [0.4, 0.5) is 0 Å². The normalized spacial score (nSPS) is 11.4. The Morgan fingerprint density at radius 3 is 1.75 bits per heavy atom. The second-order valence-electron chi connectivity index (χ2n) is 11.8. The average molecular weight is 635 g/mol. The molecule has 0 radical (unpaired) electrons. The largest absolute Gasteiger partial charge is 0.309 e. The number of nitrogens with zero attached hydrogens (tertiary/aromatic N) is 4. The summed E-state index contributed by atoms with van der Waals surface area (Å²) >= 11 is 6.26. The Morgan fingerprint density at radius 2 is 1.00 bits per heavy atom. The van der Waals surface area contributed by atoms with Crippen molar-refractivity contribution in [2.24, 2.45) is 0 Å². The standard InChI is InChI=1S/C43H27ClN4/c44-34-23-21-30(22-24-34)42-45-41(29-12-3-1-4-13-29)46-43(47-42)33-26-37(32-20-19-28-11-7-8-14-31(28)25-32)40-36-17-9-10-18-38(36)48(39(40)27-33)35-15-5-2-6-16-35/h1-27H. The summed E-state index contributed by atoms with van der Waals surface area (Å²) in [5, 5.41) is 5.43. The van der Waals surface area contributed by atoms with Crippen LogP contribution in [0.2, 0.25) is 5.02 Å². The first kappa shape index (κ1) is 28.1. The fourth-order valence-electron chi connectivity index (χ4n) is 6.61. The fourth-order valence-corrected chi connectivity index (χ4v) is 6.74. The van der Waals surface area contributed by atoms with E-state index in [9.17, 15) is 0 Å². The van der Waals surface area contributed by atoms with Crippen LogP contribution in [0, 0.1) is 0 Å². The van der Waals surface area contributed by atoms with Gasteiger partial charge in [-0.1, -0.05) is 115 Å². The van der Waals surface area contributed by atoms with Crippen molar-refractivity contribution in [1.29, 1.82) is 0 Å². The van der Waals surface area contributed by atoms with Crippen LogP contribution in [0.3, 0.4) is 0 Å². The maximum atomic E-state index is 6.26. The summed E-state index contributed by atoms with van der Waals surface area (Å²) in [7, 11) is 0. The van der Waals surface area contributed by atoms with Crippen molar-refractivity contribution in [3.05, 3.63) is 169 Å². The molecular formula is C43H27ClN4. The predicted octanol–water partition coefficient (Wildman–Crippen LogP) is 11.4. The van der Waals surface area contributed by atoms with Gasteiger partial charge in [-0.3, -0.25) is 0 Å². The van der Waals surface area contributed by atoms with E-state index in [1.165, 1.54) is 21.5 Å². The van der Waals surface area contributed by atoms with E-state index in [4.69, 9.17) is 26.6 Å². The molecule has 0 saturated heterocycles. The van der Waals surface area contributed by atoms with Gasteiger partial charge in [-0.05, 0) is 82.6 Å². The zero-order valence-electron chi connectivity index (χ0n) is 25.8. The summed E-state index contributed by atoms with van der Waals surface area (Å²) in [5.74, 6) is 1.80. The molecule has 0 saturated carbocycles. The number of benzene rings is 7. The summed E-state index contributed by atoms with van der Waals surface area (Å²) in [6.07, 6.45) is 0. The molecule has 0 aliphatic carbocycles. The Bertz CT molecular complexity index is 2610. The molecule has 0 amide bonds. The van der Waals surface area contributed by atoms with Gasteiger partial charge in [-0.2, -0.15) is 0 Å². The highest BCUT2D eigenvalue weighted by atomic mass is 35.5. The van der Waals surface area contributed by atoms with Crippen LogP contribution < -0.4 is 0 Å². The topological polar surface area (TPSA) is 43.6 Å². The first-order valence-electron chi connectivity index (χ1n) is 15.9. The van der Waals surface area contributed by atoms with E-state index in [0.29, 0.717) is 22.5 Å². The highest BCUT2D eigenvalue weighted by molar-refractivity contribution is 6.30. The molecular weight excluding hydrogens is 608 g/mol. The van der Waals surface area contributed by atoms with E-state index in [1.54, 1.807) is 0 Å². The quantitative estimate of drug-likeness (QED) is 0.189. The molecule has 5 heteroatoms. The van der Waals surface area contributed by atoms with Crippen LogP contribution in [-0.4, -0.2) is 19.5 Å². The molecule has 0 spiro atoms. The second-order valence-corrected chi connectivity index (χ2v) is 12.3. The van der Waals surface area contributed by atoms with Crippen LogP contribution in [0.5, 0.6) is 0 Å². The Hall–Kier alpha value is -6.10. The maximum absolute atomic E-state index is 6.26. The number of hydrogen-bond donors (Lipinski definition) is 0. The molecule has 9 rings (SSSR count). The number of para-hydroxylation sites is 2. The SMILES string of the molecule is Clc1ccc(-c2nc(-c3ccccc3)nc(-c3cc(-c4ccc5ccccc5c4)c4c5ccccc5n(-c5ccccc5)c4c3)n2)cc1. The lowest BCUT2D eigenvalue weighted by atomic mass is 9.95. The highest BCUT2D eigenvalue weighted by Gasteiger charge is 2.20. The van der Waals surface area contributed by atoms with Crippen LogP contribution in [0.1, 0.15) is 0 Å². The first-order valence-corrected chi connectivity index (χ1v) is 16.3. The van der Waals surface area contributed by atoms with Crippen LogP contribution in [0.15, 0.2) is 164 Å². The van der Waals surface area contributed by atoms with E-state index < -0.39 is 0 Å². The van der Waals surface area contributed by atoms with Crippen LogP contribution >= 0.6 is 11.6 Å². The molecule has 2 heterocycles. The van der Waals surface area contributed by atoms with Gasteiger partial charge in [-0.25, -0.2) is 15.0 Å². The van der Waals surface area contributed by atoms with Crippen molar-refractivity contribution in [3.63, 3.8) is 0 Å².